The highest BCUT2D eigenvalue weighted by atomic mass is 32.2. The lowest BCUT2D eigenvalue weighted by Crippen LogP contribution is -2.45. The predicted octanol–water partition coefficient (Wildman–Crippen LogP) is 0.595. The van der Waals surface area contributed by atoms with Gasteiger partial charge in [0.05, 0.1) is 0 Å². The van der Waals surface area contributed by atoms with E-state index < -0.39 is 14.9 Å². The molecule has 0 radical (unpaired) electrons. The molecule has 0 spiro atoms. The van der Waals surface area contributed by atoms with E-state index >= 15 is 0 Å². The van der Waals surface area contributed by atoms with Crippen LogP contribution in [0.2, 0.25) is 0 Å². The SMILES string of the molecule is CC1CCN(S(=O)(=O)c2ccc([N+](=O)[O-])nc2)CC1CN. The highest BCUT2D eigenvalue weighted by Gasteiger charge is 2.33. The maximum atomic E-state index is 12.5. The Balaban J connectivity index is 2.23. The van der Waals surface area contributed by atoms with Crippen LogP contribution in [-0.4, -0.2) is 42.3 Å². The first-order valence-electron chi connectivity index (χ1n) is 6.67. The highest BCUT2D eigenvalue weighted by Crippen LogP contribution is 2.27. The molecule has 21 heavy (non-hydrogen) atoms. The van der Waals surface area contributed by atoms with Crippen LogP contribution in [0.15, 0.2) is 23.2 Å². The molecule has 0 aliphatic carbocycles. The van der Waals surface area contributed by atoms with Gasteiger partial charge in [0, 0.05) is 19.2 Å². The summed E-state index contributed by atoms with van der Waals surface area (Å²) in [6.45, 7) is 3.30. The molecule has 2 heterocycles. The Morgan fingerprint density at radius 2 is 2.24 bits per heavy atom. The number of nitrogens with two attached hydrogens (primary N) is 1. The minimum Gasteiger partial charge on any atom is -0.358 e. The highest BCUT2D eigenvalue weighted by molar-refractivity contribution is 7.89. The van der Waals surface area contributed by atoms with Crippen LogP contribution in [0.3, 0.4) is 0 Å². The van der Waals surface area contributed by atoms with Crippen LogP contribution in [0.25, 0.3) is 0 Å². The summed E-state index contributed by atoms with van der Waals surface area (Å²) in [4.78, 5) is 13.4. The van der Waals surface area contributed by atoms with Crippen molar-refractivity contribution in [2.45, 2.75) is 18.2 Å². The fourth-order valence-corrected chi connectivity index (χ4v) is 3.88. The van der Waals surface area contributed by atoms with E-state index in [0.717, 1.165) is 18.7 Å². The first-order chi connectivity index (χ1) is 9.86. The van der Waals surface area contributed by atoms with Crippen molar-refractivity contribution in [1.29, 1.82) is 0 Å². The Morgan fingerprint density at radius 1 is 1.52 bits per heavy atom. The summed E-state index contributed by atoms with van der Waals surface area (Å²) < 4.78 is 26.4. The molecule has 1 aliphatic heterocycles. The Kier molecular flexibility index (Phi) is 4.55. The molecule has 2 atom stereocenters. The minimum absolute atomic E-state index is 0.0292. The number of nitrogens with zero attached hydrogens (tertiary/aromatic N) is 3. The monoisotopic (exact) mass is 314 g/mol. The van der Waals surface area contributed by atoms with Crippen molar-refractivity contribution in [2.75, 3.05) is 19.6 Å². The van der Waals surface area contributed by atoms with Gasteiger partial charge in [-0.2, -0.15) is 4.31 Å². The molecule has 1 aromatic rings. The van der Waals surface area contributed by atoms with Gasteiger partial charge in [-0.1, -0.05) is 6.92 Å². The molecule has 116 valence electrons. The second-order valence-corrected chi connectivity index (χ2v) is 7.17. The van der Waals surface area contributed by atoms with Gasteiger partial charge < -0.3 is 15.8 Å². The van der Waals surface area contributed by atoms with Gasteiger partial charge in [-0.3, -0.25) is 0 Å². The first-order valence-corrected chi connectivity index (χ1v) is 8.11. The van der Waals surface area contributed by atoms with E-state index in [1.165, 1.54) is 10.4 Å². The molecule has 1 saturated heterocycles. The maximum Gasteiger partial charge on any atom is 0.363 e. The smallest absolute Gasteiger partial charge is 0.358 e. The van der Waals surface area contributed by atoms with E-state index in [1.54, 1.807) is 0 Å². The summed E-state index contributed by atoms with van der Waals surface area (Å²) in [6, 6.07) is 2.32. The van der Waals surface area contributed by atoms with Crippen LogP contribution in [0, 0.1) is 22.0 Å². The number of sulfonamides is 1. The van der Waals surface area contributed by atoms with Crippen molar-refractivity contribution in [3.05, 3.63) is 28.4 Å². The third-order valence-corrected chi connectivity index (χ3v) is 5.77. The van der Waals surface area contributed by atoms with Crippen molar-refractivity contribution in [2.24, 2.45) is 17.6 Å². The van der Waals surface area contributed by atoms with E-state index in [2.05, 4.69) is 11.9 Å². The number of aromatic nitrogens is 1. The lowest BCUT2D eigenvalue weighted by Gasteiger charge is -2.35. The predicted molar refractivity (Wildman–Crippen MR) is 76.0 cm³/mol. The van der Waals surface area contributed by atoms with E-state index in [9.17, 15) is 18.5 Å². The van der Waals surface area contributed by atoms with Gasteiger partial charge in [-0.05, 0) is 40.8 Å². The molecule has 2 rings (SSSR count). The molecule has 0 saturated carbocycles. The summed E-state index contributed by atoms with van der Waals surface area (Å²) in [7, 11) is -3.68. The van der Waals surface area contributed by atoms with Crippen LogP contribution in [-0.2, 0) is 10.0 Å². The van der Waals surface area contributed by atoms with Crippen LogP contribution in [0.4, 0.5) is 5.82 Å². The summed E-state index contributed by atoms with van der Waals surface area (Å²) in [5.74, 6) is 0.136. The quantitative estimate of drug-likeness (QED) is 0.641. The van der Waals surface area contributed by atoms with Crippen molar-refractivity contribution in [1.82, 2.24) is 9.29 Å². The summed E-state index contributed by atoms with van der Waals surface area (Å²) in [6.07, 6.45) is 1.78. The molecule has 1 fully saturated rings. The molecule has 9 heteroatoms. The summed E-state index contributed by atoms with van der Waals surface area (Å²) in [5, 5.41) is 10.6. The maximum absolute atomic E-state index is 12.5. The summed E-state index contributed by atoms with van der Waals surface area (Å²) >= 11 is 0. The zero-order valence-corrected chi connectivity index (χ0v) is 12.5. The molecule has 0 bridgehead atoms. The number of piperidine rings is 1. The lowest BCUT2D eigenvalue weighted by molar-refractivity contribution is -0.389. The third-order valence-electron chi connectivity index (χ3n) is 3.93. The average Bonchev–Trinajstić information content (AvgIpc) is 2.47. The molecule has 8 nitrogen and oxygen atoms in total. The van der Waals surface area contributed by atoms with Gasteiger partial charge in [-0.25, -0.2) is 8.42 Å². The van der Waals surface area contributed by atoms with Crippen molar-refractivity contribution >= 4 is 15.8 Å². The molecule has 1 aliphatic rings. The van der Waals surface area contributed by atoms with Gasteiger partial charge in [0.15, 0.2) is 6.20 Å². The molecule has 0 amide bonds. The standard InChI is InChI=1S/C12H18N4O4S/c1-9-4-5-15(8-10(9)6-13)21(19,20)11-2-3-12(14-7-11)16(17)18/h2-3,7,9-10H,4-6,8,13H2,1H3. The van der Waals surface area contributed by atoms with Crippen molar-refractivity contribution < 1.29 is 13.3 Å². The second-order valence-electron chi connectivity index (χ2n) is 5.23. The Morgan fingerprint density at radius 3 is 2.76 bits per heavy atom. The largest absolute Gasteiger partial charge is 0.363 e. The number of pyridine rings is 1. The molecule has 0 aromatic carbocycles. The van der Waals surface area contributed by atoms with Gasteiger partial charge in [0.25, 0.3) is 0 Å². The van der Waals surface area contributed by atoms with E-state index in [1.807, 2.05) is 0 Å². The van der Waals surface area contributed by atoms with E-state index in [0.29, 0.717) is 25.6 Å². The van der Waals surface area contributed by atoms with Crippen LogP contribution in [0.5, 0.6) is 0 Å². The Bertz CT molecular complexity index is 617. The molecule has 2 unspecified atom stereocenters. The first kappa shape index (κ1) is 15.8. The Hall–Kier alpha value is -1.58. The summed E-state index contributed by atoms with van der Waals surface area (Å²) in [5.41, 5.74) is 5.68. The van der Waals surface area contributed by atoms with E-state index in [-0.39, 0.29) is 16.6 Å². The number of nitro groups is 1. The van der Waals surface area contributed by atoms with Gasteiger partial charge in [-0.15, -0.1) is 0 Å². The lowest BCUT2D eigenvalue weighted by atomic mass is 9.88. The molecule has 2 N–H and O–H groups in total. The zero-order chi connectivity index (χ0) is 15.6. The second kappa shape index (κ2) is 6.04. The van der Waals surface area contributed by atoms with Crippen molar-refractivity contribution in [3.63, 3.8) is 0 Å². The van der Waals surface area contributed by atoms with Gasteiger partial charge in [0.1, 0.15) is 4.90 Å². The van der Waals surface area contributed by atoms with Gasteiger partial charge >= 0.3 is 5.82 Å². The zero-order valence-electron chi connectivity index (χ0n) is 11.7. The average molecular weight is 314 g/mol. The fourth-order valence-electron chi connectivity index (χ4n) is 2.42. The van der Waals surface area contributed by atoms with Crippen LogP contribution < -0.4 is 5.73 Å². The van der Waals surface area contributed by atoms with E-state index in [4.69, 9.17) is 5.73 Å². The topological polar surface area (TPSA) is 119 Å². The number of hydrogen-bond acceptors (Lipinski definition) is 6. The number of rotatable bonds is 4. The minimum atomic E-state index is -3.68. The normalized spacial score (nSPS) is 23.9. The molecule has 1 aromatic heterocycles. The Labute approximate surface area is 123 Å². The number of hydrogen-bond donors (Lipinski definition) is 1. The van der Waals surface area contributed by atoms with Crippen LogP contribution >= 0.6 is 0 Å². The van der Waals surface area contributed by atoms with Gasteiger partial charge in [0.2, 0.25) is 10.0 Å². The van der Waals surface area contributed by atoms with Crippen molar-refractivity contribution in [3.8, 4) is 0 Å². The fraction of sp³-hybridized carbons (Fsp3) is 0.583. The van der Waals surface area contributed by atoms with Crippen LogP contribution in [0.1, 0.15) is 13.3 Å². The molecular formula is C12H18N4O4S. The third kappa shape index (κ3) is 3.20. The molecular weight excluding hydrogens is 296 g/mol.